The number of anilines is 1. The zero-order chi connectivity index (χ0) is 16.9. The van der Waals surface area contributed by atoms with Gasteiger partial charge in [0.15, 0.2) is 0 Å². The number of hydrogen-bond donors (Lipinski definition) is 1. The van der Waals surface area contributed by atoms with Gasteiger partial charge in [0.1, 0.15) is 12.4 Å². The number of thioether (sulfide) groups is 1. The van der Waals surface area contributed by atoms with Gasteiger partial charge in [0.25, 0.3) is 5.24 Å². The number of carbonyl (C=O) groups is 2. The van der Waals surface area contributed by atoms with E-state index in [2.05, 4.69) is 22.1 Å². The number of piperidine rings is 1. The largest absolute Gasteiger partial charge is 0.357 e. The maximum atomic E-state index is 11.9. The van der Waals surface area contributed by atoms with E-state index in [4.69, 9.17) is 0 Å². The second kappa shape index (κ2) is 7.88. The Morgan fingerprint density at radius 2 is 2.12 bits per heavy atom. The van der Waals surface area contributed by atoms with E-state index in [1.54, 1.807) is 4.90 Å². The molecule has 0 radical (unpaired) electrons. The lowest BCUT2D eigenvalue weighted by molar-refractivity contribution is -0.121. The Morgan fingerprint density at radius 1 is 1.33 bits per heavy atom. The number of pyridine rings is 1. The molecule has 1 N–H and O–H groups in total. The first-order valence-electron chi connectivity index (χ1n) is 8.50. The SMILES string of the molecule is CC1CCN(c2ccc(CNC(=O)CN3CCSC3=O)cn2)CC1. The maximum Gasteiger partial charge on any atom is 0.282 e. The van der Waals surface area contributed by atoms with E-state index in [9.17, 15) is 9.59 Å². The summed E-state index contributed by atoms with van der Waals surface area (Å²) >= 11 is 1.27. The van der Waals surface area contributed by atoms with Crippen LogP contribution < -0.4 is 10.2 Å². The van der Waals surface area contributed by atoms with E-state index in [-0.39, 0.29) is 17.7 Å². The van der Waals surface area contributed by atoms with E-state index in [1.165, 1.54) is 24.6 Å². The Hall–Kier alpha value is -1.76. The van der Waals surface area contributed by atoms with Crippen molar-refractivity contribution in [3.63, 3.8) is 0 Å². The van der Waals surface area contributed by atoms with Crippen molar-refractivity contribution < 1.29 is 9.59 Å². The Labute approximate surface area is 147 Å². The highest BCUT2D eigenvalue weighted by atomic mass is 32.2. The van der Waals surface area contributed by atoms with Gasteiger partial charge >= 0.3 is 0 Å². The van der Waals surface area contributed by atoms with Crippen LogP contribution in [-0.2, 0) is 11.3 Å². The lowest BCUT2D eigenvalue weighted by Crippen LogP contribution is -2.37. The minimum atomic E-state index is -0.125. The molecule has 0 aliphatic carbocycles. The van der Waals surface area contributed by atoms with E-state index in [0.717, 1.165) is 36.1 Å². The first-order chi connectivity index (χ1) is 11.6. The van der Waals surface area contributed by atoms with Crippen molar-refractivity contribution in [2.75, 3.05) is 36.8 Å². The van der Waals surface area contributed by atoms with Gasteiger partial charge in [0, 0.05) is 38.1 Å². The highest BCUT2D eigenvalue weighted by Gasteiger charge is 2.23. The van der Waals surface area contributed by atoms with Crippen molar-refractivity contribution in [1.82, 2.24) is 15.2 Å². The lowest BCUT2D eigenvalue weighted by atomic mass is 9.99. The summed E-state index contributed by atoms with van der Waals surface area (Å²) < 4.78 is 0. The molecule has 1 aromatic rings. The smallest absolute Gasteiger partial charge is 0.282 e. The number of rotatable bonds is 5. The molecular formula is C17H24N4O2S. The Bertz CT molecular complexity index is 585. The van der Waals surface area contributed by atoms with Crippen LogP contribution in [0.25, 0.3) is 0 Å². The van der Waals surface area contributed by atoms with Crippen LogP contribution in [0.3, 0.4) is 0 Å². The van der Waals surface area contributed by atoms with Crippen LogP contribution in [0, 0.1) is 5.92 Å². The molecule has 2 aliphatic rings. The van der Waals surface area contributed by atoms with Crippen molar-refractivity contribution >= 4 is 28.7 Å². The molecule has 2 amide bonds. The minimum absolute atomic E-state index is 0.00739. The summed E-state index contributed by atoms with van der Waals surface area (Å²) in [6.45, 7) is 5.66. The van der Waals surface area contributed by atoms with Gasteiger partial charge in [-0.3, -0.25) is 9.59 Å². The number of amides is 2. The summed E-state index contributed by atoms with van der Waals surface area (Å²) in [6.07, 6.45) is 4.25. The van der Waals surface area contributed by atoms with Crippen molar-refractivity contribution in [1.29, 1.82) is 0 Å². The molecule has 0 saturated carbocycles. The van der Waals surface area contributed by atoms with Crippen LogP contribution in [0.5, 0.6) is 0 Å². The quantitative estimate of drug-likeness (QED) is 0.883. The van der Waals surface area contributed by atoms with Crippen molar-refractivity contribution in [2.24, 2.45) is 5.92 Å². The van der Waals surface area contributed by atoms with Gasteiger partial charge in [0.05, 0.1) is 0 Å². The average Bonchev–Trinajstić information content (AvgIpc) is 2.99. The number of carbonyl (C=O) groups excluding carboxylic acids is 2. The summed E-state index contributed by atoms with van der Waals surface area (Å²) in [5.41, 5.74) is 0.972. The zero-order valence-electron chi connectivity index (χ0n) is 14.0. The summed E-state index contributed by atoms with van der Waals surface area (Å²) in [6, 6.07) is 4.04. The Morgan fingerprint density at radius 3 is 2.75 bits per heavy atom. The van der Waals surface area contributed by atoms with Gasteiger partial charge in [-0.2, -0.15) is 0 Å². The van der Waals surface area contributed by atoms with E-state index >= 15 is 0 Å². The van der Waals surface area contributed by atoms with Crippen LogP contribution in [0.4, 0.5) is 10.6 Å². The third-order valence-corrected chi connectivity index (χ3v) is 5.48. The van der Waals surface area contributed by atoms with E-state index in [1.807, 2.05) is 18.3 Å². The third kappa shape index (κ3) is 4.41. The molecule has 1 aromatic heterocycles. The molecule has 0 bridgehead atoms. The third-order valence-electron chi connectivity index (χ3n) is 4.59. The fourth-order valence-electron chi connectivity index (χ4n) is 2.95. The van der Waals surface area contributed by atoms with Crippen molar-refractivity contribution in [3.05, 3.63) is 23.9 Å². The normalized spacial score (nSPS) is 19.0. The Kier molecular flexibility index (Phi) is 5.60. The van der Waals surface area contributed by atoms with Gasteiger partial charge in [-0.25, -0.2) is 4.98 Å². The van der Waals surface area contributed by atoms with Crippen molar-refractivity contribution in [3.8, 4) is 0 Å². The topological polar surface area (TPSA) is 65.5 Å². The average molecular weight is 348 g/mol. The fourth-order valence-corrected chi connectivity index (χ4v) is 3.77. The molecule has 0 unspecified atom stereocenters. The minimum Gasteiger partial charge on any atom is -0.357 e. The predicted molar refractivity (Wildman–Crippen MR) is 96.1 cm³/mol. The first-order valence-corrected chi connectivity index (χ1v) is 9.48. The second-order valence-electron chi connectivity index (χ2n) is 6.51. The van der Waals surface area contributed by atoms with Crippen LogP contribution in [0.2, 0.25) is 0 Å². The molecule has 24 heavy (non-hydrogen) atoms. The number of aromatic nitrogens is 1. The van der Waals surface area contributed by atoms with Crippen LogP contribution in [-0.4, -0.2) is 53.0 Å². The molecule has 0 spiro atoms. The molecule has 0 atom stereocenters. The van der Waals surface area contributed by atoms with Gasteiger partial charge in [0.2, 0.25) is 5.91 Å². The highest BCUT2D eigenvalue weighted by molar-refractivity contribution is 8.13. The monoisotopic (exact) mass is 348 g/mol. The highest BCUT2D eigenvalue weighted by Crippen LogP contribution is 2.21. The molecule has 7 heteroatoms. The molecule has 6 nitrogen and oxygen atoms in total. The van der Waals surface area contributed by atoms with Gasteiger partial charge in [-0.05, 0) is 30.4 Å². The van der Waals surface area contributed by atoms with Crippen LogP contribution >= 0.6 is 11.8 Å². The summed E-state index contributed by atoms with van der Waals surface area (Å²) in [5.74, 6) is 2.46. The molecule has 2 aliphatic heterocycles. The first kappa shape index (κ1) is 17.1. The summed E-state index contributed by atoms with van der Waals surface area (Å²) in [5, 5.41) is 2.85. The van der Waals surface area contributed by atoms with E-state index in [0.29, 0.717) is 13.1 Å². The molecule has 2 fully saturated rings. The summed E-state index contributed by atoms with van der Waals surface area (Å²) in [7, 11) is 0. The molecule has 3 heterocycles. The van der Waals surface area contributed by atoms with Crippen molar-refractivity contribution in [2.45, 2.75) is 26.3 Å². The molecular weight excluding hydrogens is 324 g/mol. The van der Waals surface area contributed by atoms with Crippen LogP contribution in [0.1, 0.15) is 25.3 Å². The molecule has 0 aromatic carbocycles. The van der Waals surface area contributed by atoms with Gasteiger partial charge in [-0.15, -0.1) is 0 Å². The molecule has 2 saturated heterocycles. The Balaban J connectivity index is 1.45. The number of nitrogens with one attached hydrogen (secondary N) is 1. The molecule has 3 rings (SSSR count). The number of hydrogen-bond acceptors (Lipinski definition) is 5. The zero-order valence-corrected chi connectivity index (χ0v) is 14.8. The molecule has 130 valence electrons. The lowest BCUT2D eigenvalue weighted by Gasteiger charge is -2.31. The summed E-state index contributed by atoms with van der Waals surface area (Å²) in [4.78, 5) is 31.8. The van der Waals surface area contributed by atoms with Gasteiger partial charge < -0.3 is 15.1 Å². The van der Waals surface area contributed by atoms with Crippen LogP contribution in [0.15, 0.2) is 18.3 Å². The standard InChI is InChI=1S/C17H24N4O2S/c1-13-4-6-20(7-5-13)15-3-2-14(10-18-15)11-19-16(22)12-21-8-9-24-17(21)23/h2-3,10,13H,4-9,11-12H2,1H3,(H,19,22). The fraction of sp³-hybridized carbons (Fsp3) is 0.588. The maximum absolute atomic E-state index is 11.9. The second-order valence-corrected chi connectivity index (χ2v) is 7.55. The van der Waals surface area contributed by atoms with E-state index < -0.39 is 0 Å². The predicted octanol–water partition coefficient (Wildman–Crippen LogP) is 2.10. The van der Waals surface area contributed by atoms with Gasteiger partial charge in [-0.1, -0.05) is 24.8 Å². The number of nitrogens with zero attached hydrogens (tertiary/aromatic N) is 3.